The zero-order valence-corrected chi connectivity index (χ0v) is 13.4. The van der Waals surface area contributed by atoms with Gasteiger partial charge in [-0.15, -0.1) is 0 Å². The summed E-state index contributed by atoms with van der Waals surface area (Å²) >= 11 is 0. The fraction of sp³-hybridized carbons (Fsp3) is 0.333. The molecule has 1 amide bonds. The Hall–Kier alpha value is -3.30. The third-order valence-electron chi connectivity index (χ3n) is 3.62. The first-order chi connectivity index (χ1) is 12.0. The molecule has 0 aliphatic carbocycles. The Morgan fingerprint density at radius 1 is 1.48 bits per heavy atom. The van der Waals surface area contributed by atoms with Gasteiger partial charge in [-0.05, 0) is 29.2 Å². The van der Waals surface area contributed by atoms with Gasteiger partial charge in [0.1, 0.15) is 24.7 Å². The molecule has 0 spiro atoms. The van der Waals surface area contributed by atoms with Crippen LogP contribution in [0.1, 0.15) is 6.42 Å². The van der Waals surface area contributed by atoms with Gasteiger partial charge in [0.2, 0.25) is 0 Å². The second-order valence-corrected chi connectivity index (χ2v) is 5.31. The van der Waals surface area contributed by atoms with E-state index in [0.717, 1.165) is 0 Å². The van der Waals surface area contributed by atoms with Crippen molar-refractivity contribution in [3.8, 4) is 11.8 Å². The first-order valence-electron chi connectivity index (χ1n) is 7.51. The van der Waals surface area contributed by atoms with E-state index in [2.05, 4.69) is 10.3 Å². The molecule has 1 aromatic carbocycles. The summed E-state index contributed by atoms with van der Waals surface area (Å²) in [5.74, 6) is 0.410. The standard InChI is InChI=1S/C15H16N4O6/c1-23-11-4-2-10(3-5-11)16-15(20)24-9-12-6-7-18-8-13(19(21)22)17-14(18)25-12/h2-5,8,12H,6-7,9H2,1H3,(H,16,20). The number of anilines is 1. The van der Waals surface area contributed by atoms with Gasteiger partial charge in [-0.3, -0.25) is 9.88 Å². The Morgan fingerprint density at radius 2 is 2.24 bits per heavy atom. The van der Waals surface area contributed by atoms with Gasteiger partial charge in [0.05, 0.1) is 7.11 Å². The van der Waals surface area contributed by atoms with Crippen LogP contribution in [0.2, 0.25) is 0 Å². The second kappa shape index (κ2) is 7.07. The Morgan fingerprint density at radius 3 is 2.92 bits per heavy atom. The molecule has 0 bridgehead atoms. The van der Waals surface area contributed by atoms with Gasteiger partial charge in [0, 0.05) is 23.6 Å². The molecule has 1 aliphatic rings. The first kappa shape index (κ1) is 16.6. The fourth-order valence-corrected chi connectivity index (χ4v) is 2.33. The number of amides is 1. The Balaban J connectivity index is 1.49. The van der Waals surface area contributed by atoms with E-state index in [1.807, 2.05) is 0 Å². The van der Waals surface area contributed by atoms with Crippen LogP contribution in [0, 0.1) is 10.1 Å². The maximum atomic E-state index is 11.8. The van der Waals surface area contributed by atoms with Gasteiger partial charge in [0.25, 0.3) is 0 Å². The lowest BCUT2D eigenvalue weighted by atomic mass is 10.2. The third-order valence-corrected chi connectivity index (χ3v) is 3.62. The van der Waals surface area contributed by atoms with Crippen molar-refractivity contribution < 1.29 is 23.9 Å². The molecule has 2 heterocycles. The van der Waals surface area contributed by atoms with Crippen LogP contribution in [0.4, 0.5) is 16.3 Å². The minimum atomic E-state index is -0.617. The number of aryl methyl sites for hydroxylation is 1. The summed E-state index contributed by atoms with van der Waals surface area (Å²) in [6.45, 7) is 0.521. The topological polar surface area (TPSA) is 118 Å². The van der Waals surface area contributed by atoms with Crippen molar-refractivity contribution in [3.63, 3.8) is 0 Å². The smallest absolute Gasteiger partial charge is 0.414 e. The predicted octanol–water partition coefficient (Wildman–Crippen LogP) is 2.20. The fourth-order valence-electron chi connectivity index (χ4n) is 2.33. The quantitative estimate of drug-likeness (QED) is 0.650. The maximum Gasteiger partial charge on any atom is 0.414 e. The lowest BCUT2D eigenvalue weighted by molar-refractivity contribution is -0.389. The van der Waals surface area contributed by atoms with Crippen LogP contribution < -0.4 is 14.8 Å². The van der Waals surface area contributed by atoms with Crippen LogP contribution in [0.15, 0.2) is 30.5 Å². The number of nitro groups is 1. The van der Waals surface area contributed by atoms with Gasteiger partial charge in [-0.25, -0.2) is 4.79 Å². The minimum Gasteiger partial charge on any atom is -0.497 e. The van der Waals surface area contributed by atoms with Gasteiger partial charge in [0.15, 0.2) is 0 Å². The molecule has 1 N–H and O–H groups in total. The van der Waals surface area contributed by atoms with E-state index in [1.165, 1.54) is 6.20 Å². The number of imidazole rings is 1. The van der Waals surface area contributed by atoms with E-state index in [9.17, 15) is 14.9 Å². The number of nitrogens with zero attached hydrogens (tertiary/aromatic N) is 3. The van der Waals surface area contributed by atoms with E-state index < -0.39 is 17.1 Å². The Labute approximate surface area is 142 Å². The number of rotatable bonds is 5. The summed E-state index contributed by atoms with van der Waals surface area (Å²) < 4.78 is 17.3. The van der Waals surface area contributed by atoms with Crippen LogP contribution in [0.25, 0.3) is 0 Å². The molecular formula is C15H16N4O6. The zero-order valence-electron chi connectivity index (χ0n) is 13.4. The average molecular weight is 348 g/mol. The SMILES string of the molecule is COc1ccc(NC(=O)OCC2CCn3cc([N+](=O)[O-])nc3O2)cc1. The van der Waals surface area contributed by atoms with Gasteiger partial charge in [-0.1, -0.05) is 0 Å². The molecule has 0 fully saturated rings. The number of fused-ring (bicyclic) bond motifs is 1. The molecule has 2 aromatic rings. The highest BCUT2D eigenvalue weighted by atomic mass is 16.6. The van der Waals surface area contributed by atoms with Crippen molar-refractivity contribution in [1.82, 2.24) is 9.55 Å². The van der Waals surface area contributed by atoms with E-state index in [4.69, 9.17) is 14.2 Å². The molecule has 1 atom stereocenters. The van der Waals surface area contributed by atoms with Crippen LogP contribution >= 0.6 is 0 Å². The first-order valence-corrected chi connectivity index (χ1v) is 7.51. The number of carbonyl (C=O) groups is 1. The molecule has 0 radical (unpaired) electrons. The molecule has 1 aliphatic heterocycles. The van der Waals surface area contributed by atoms with Gasteiger partial charge >= 0.3 is 17.9 Å². The lowest BCUT2D eigenvalue weighted by Gasteiger charge is -2.21. The highest BCUT2D eigenvalue weighted by molar-refractivity contribution is 5.84. The molecule has 132 valence electrons. The Bertz CT molecular complexity index is 773. The van der Waals surface area contributed by atoms with Crippen molar-refractivity contribution in [1.29, 1.82) is 0 Å². The molecule has 1 aromatic heterocycles. The highest BCUT2D eigenvalue weighted by Gasteiger charge is 2.28. The zero-order chi connectivity index (χ0) is 17.8. The van der Waals surface area contributed by atoms with Gasteiger partial charge < -0.3 is 24.3 Å². The van der Waals surface area contributed by atoms with E-state index >= 15 is 0 Å². The van der Waals surface area contributed by atoms with Crippen LogP contribution in [0.5, 0.6) is 11.8 Å². The molecule has 10 nitrogen and oxygen atoms in total. The summed E-state index contributed by atoms with van der Waals surface area (Å²) in [6, 6.07) is 6.96. The molecule has 1 unspecified atom stereocenters. The number of hydrogen-bond donors (Lipinski definition) is 1. The number of hydrogen-bond acceptors (Lipinski definition) is 7. The number of carbonyl (C=O) groups excluding carboxylic acids is 1. The lowest BCUT2D eigenvalue weighted by Crippen LogP contribution is -2.32. The number of ether oxygens (including phenoxy) is 3. The third kappa shape index (κ3) is 3.97. The molecule has 3 rings (SSSR count). The minimum absolute atomic E-state index is 0.0165. The van der Waals surface area contributed by atoms with Crippen molar-refractivity contribution in [2.24, 2.45) is 0 Å². The number of methoxy groups -OCH3 is 1. The maximum absolute atomic E-state index is 11.8. The number of aromatic nitrogens is 2. The molecular weight excluding hydrogens is 332 g/mol. The monoisotopic (exact) mass is 348 g/mol. The average Bonchev–Trinajstić information content (AvgIpc) is 3.04. The largest absolute Gasteiger partial charge is 0.497 e. The molecule has 25 heavy (non-hydrogen) atoms. The summed E-state index contributed by atoms with van der Waals surface area (Å²) in [7, 11) is 1.56. The van der Waals surface area contributed by atoms with Gasteiger partial charge in [-0.2, -0.15) is 0 Å². The molecule has 10 heteroatoms. The van der Waals surface area contributed by atoms with Crippen molar-refractivity contribution in [2.45, 2.75) is 19.1 Å². The van der Waals surface area contributed by atoms with Crippen LogP contribution in [-0.2, 0) is 11.3 Å². The van der Waals surface area contributed by atoms with Crippen molar-refractivity contribution >= 4 is 17.6 Å². The number of benzene rings is 1. The predicted molar refractivity (Wildman–Crippen MR) is 85.9 cm³/mol. The highest BCUT2D eigenvalue weighted by Crippen LogP contribution is 2.24. The number of nitrogens with one attached hydrogen (secondary N) is 1. The Kier molecular flexibility index (Phi) is 4.68. The van der Waals surface area contributed by atoms with E-state index in [0.29, 0.717) is 24.4 Å². The van der Waals surface area contributed by atoms with Crippen molar-refractivity contribution in [3.05, 3.63) is 40.6 Å². The summed E-state index contributed by atoms with van der Waals surface area (Å²) in [4.78, 5) is 25.7. The molecule has 0 saturated heterocycles. The summed E-state index contributed by atoms with van der Waals surface area (Å²) in [6.07, 6.45) is 0.851. The van der Waals surface area contributed by atoms with Crippen molar-refractivity contribution in [2.75, 3.05) is 19.0 Å². The second-order valence-electron chi connectivity index (χ2n) is 5.31. The normalized spacial score (nSPS) is 15.6. The van der Waals surface area contributed by atoms with E-state index in [-0.39, 0.29) is 18.4 Å². The van der Waals surface area contributed by atoms with Crippen LogP contribution in [-0.4, -0.2) is 40.4 Å². The summed E-state index contributed by atoms with van der Waals surface area (Å²) in [5.41, 5.74) is 0.571. The molecule has 0 saturated carbocycles. The summed E-state index contributed by atoms with van der Waals surface area (Å²) in [5, 5.41) is 13.3. The van der Waals surface area contributed by atoms with E-state index in [1.54, 1.807) is 35.9 Å². The van der Waals surface area contributed by atoms with Crippen LogP contribution in [0.3, 0.4) is 0 Å².